The molecular weight excluding hydrogens is 354 g/mol. The molecule has 2 amide bonds. The molecular formula is C22H27N3O3. The van der Waals surface area contributed by atoms with Crippen LogP contribution in [0, 0.1) is 11.8 Å². The van der Waals surface area contributed by atoms with Crippen LogP contribution in [0.25, 0.3) is 0 Å². The average molecular weight is 381 g/mol. The quantitative estimate of drug-likeness (QED) is 0.805. The van der Waals surface area contributed by atoms with Crippen molar-refractivity contribution >= 4 is 28.9 Å². The van der Waals surface area contributed by atoms with Gasteiger partial charge in [-0.25, -0.2) is 4.99 Å². The third-order valence-corrected chi connectivity index (χ3v) is 5.22. The van der Waals surface area contributed by atoms with E-state index in [4.69, 9.17) is 4.74 Å². The topological polar surface area (TPSA) is 71.3 Å². The van der Waals surface area contributed by atoms with Crippen molar-refractivity contribution in [1.82, 2.24) is 0 Å². The first-order chi connectivity index (χ1) is 13.3. The molecule has 0 bridgehead atoms. The van der Waals surface area contributed by atoms with E-state index >= 15 is 0 Å². The van der Waals surface area contributed by atoms with Crippen LogP contribution >= 0.6 is 0 Å². The monoisotopic (exact) mass is 381 g/mol. The van der Waals surface area contributed by atoms with Gasteiger partial charge in [-0.1, -0.05) is 38.5 Å². The molecule has 0 spiro atoms. The van der Waals surface area contributed by atoms with E-state index in [-0.39, 0.29) is 30.2 Å². The number of amides is 2. The molecule has 28 heavy (non-hydrogen) atoms. The number of carbonyl (C=O) groups excluding carboxylic acids is 2. The SMILES string of the molecule is CC(C)CC1=CC(C(=O)/N=C2\COc3ccccc3N(C)C2=O)=N[C@@H](C)C1C. The first-order valence-electron chi connectivity index (χ1n) is 9.68. The zero-order chi connectivity index (χ0) is 20.4. The molecule has 1 unspecified atom stereocenters. The van der Waals surface area contributed by atoms with E-state index in [1.165, 1.54) is 10.5 Å². The Morgan fingerprint density at radius 2 is 2.04 bits per heavy atom. The molecule has 1 aromatic carbocycles. The van der Waals surface area contributed by atoms with E-state index < -0.39 is 5.91 Å². The van der Waals surface area contributed by atoms with E-state index in [1.54, 1.807) is 19.2 Å². The van der Waals surface area contributed by atoms with Crippen molar-refractivity contribution in [1.29, 1.82) is 0 Å². The minimum atomic E-state index is -0.494. The Balaban J connectivity index is 1.87. The number of hydrogen-bond acceptors (Lipinski definition) is 4. The number of fused-ring (bicyclic) bond motifs is 1. The van der Waals surface area contributed by atoms with Crippen LogP contribution in [-0.2, 0) is 9.59 Å². The Morgan fingerprint density at radius 3 is 2.75 bits per heavy atom. The van der Waals surface area contributed by atoms with Crippen molar-refractivity contribution in [3.05, 3.63) is 35.9 Å². The van der Waals surface area contributed by atoms with Gasteiger partial charge in [0.05, 0.1) is 11.7 Å². The maximum Gasteiger partial charge on any atom is 0.295 e. The van der Waals surface area contributed by atoms with Crippen molar-refractivity contribution in [2.45, 2.75) is 40.2 Å². The molecule has 1 aromatic rings. The molecule has 6 nitrogen and oxygen atoms in total. The van der Waals surface area contributed by atoms with Crippen molar-refractivity contribution in [3.8, 4) is 5.75 Å². The van der Waals surface area contributed by atoms with E-state index in [0.717, 1.165) is 6.42 Å². The summed E-state index contributed by atoms with van der Waals surface area (Å²) < 4.78 is 5.70. The number of aliphatic imine (C=N–C) groups is 2. The van der Waals surface area contributed by atoms with Crippen LogP contribution in [0.15, 0.2) is 45.9 Å². The molecule has 0 saturated carbocycles. The molecule has 2 aliphatic rings. The van der Waals surface area contributed by atoms with Gasteiger partial charge in [0.25, 0.3) is 11.8 Å². The van der Waals surface area contributed by atoms with Gasteiger partial charge in [-0.3, -0.25) is 14.6 Å². The zero-order valence-electron chi connectivity index (χ0n) is 17.1. The highest BCUT2D eigenvalue weighted by Gasteiger charge is 2.28. The predicted octanol–water partition coefficient (Wildman–Crippen LogP) is 3.46. The lowest BCUT2D eigenvalue weighted by molar-refractivity contribution is -0.114. The molecule has 0 aliphatic carbocycles. The summed E-state index contributed by atoms with van der Waals surface area (Å²) in [7, 11) is 1.65. The van der Waals surface area contributed by atoms with Crippen molar-refractivity contribution in [2.24, 2.45) is 21.8 Å². The summed E-state index contributed by atoms with van der Waals surface area (Å²) in [5.41, 5.74) is 2.25. The Labute approximate surface area is 166 Å². The van der Waals surface area contributed by atoms with Gasteiger partial charge in [0.1, 0.15) is 23.8 Å². The van der Waals surface area contributed by atoms with Crippen LogP contribution in [0.4, 0.5) is 5.69 Å². The van der Waals surface area contributed by atoms with Crippen molar-refractivity contribution in [3.63, 3.8) is 0 Å². The Hall–Kier alpha value is -2.76. The highest BCUT2D eigenvalue weighted by atomic mass is 16.5. The molecule has 2 heterocycles. The highest BCUT2D eigenvalue weighted by Crippen LogP contribution is 2.30. The molecule has 0 saturated heterocycles. The van der Waals surface area contributed by atoms with Crippen LogP contribution in [-0.4, -0.2) is 42.9 Å². The van der Waals surface area contributed by atoms with E-state index in [2.05, 4.69) is 30.8 Å². The molecule has 148 valence electrons. The van der Waals surface area contributed by atoms with Gasteiger partial charge in [0, 0.05) is 7.05 Å². The fourth-order valence-electron chi connectivity index (χ4n) is 3.45. The molecule has 0 fully saturated rings. The molecule has 6 heteroatoms. The summed E-state index contributed by atoms with van der Waals surface area (Å²) in [5, 5.41) is 0. The minimum Gasteiger partial charge on any atom is -0.485 e. The Kier molecular flexibility index (Phi) is 5.77. The summed E-state index contributed by atoms with van der Waals surface area (Å²) in [4.78, 5) is 35.6. The van der Waals surface area contributed by atoms with E-state index in [1.807, 2.05) is 25.1 Å². The third kappa shape index (κ3) is 4.06. The summed E-state index contributed by atoms with van der Waals surface area (Å²) in [6.07, 6.45) is 2.76. The largest absolute Gasteiger partial charge is 0.485 e. The van der Waals surface area contributed by atoms with Crippen LogP contribution in [0.2, 0.25) is 0 Å². The van der Waals surface area contributed by atoms with Gasteiger partial charge in [-0.05, 0) is 43.4 Å². The lowest BCUT2D eigenvalue weighted by atomic mass is 9.85. The second-order valence-corrected chi connectivity index (χ2v) is 7.85. The number of para-hydroxylation sites is 2. The number of carbonyl (C=O) groups is 2. The molecule has 2 aliphatic heterocycles. The number of dihydropyridines is 1. The van der Waals surface area contributed by atoms with Crippen LogP contribution in [0.3, 0.4) is 0 Å². The molecule has 2 atom stereocenters. The number of rotatable bonds is 3. The van der Waals surface area contributed by atoms with Crippen LogP contribution in [0.1, 0.15) is 34.1 Å². The van der Waals surface area contributed by atoms with Crippen molar-refractivity contribution in [2.75, 3.05) is 18.6 Å². The fraction of sp³-hybridized carbons (Fsp3) is 0.455. The van der Waals surface area contributed by atoms with E-state index in [9.17, 15) is 9.59 Å². The normalized spacial score (nSPS) is 23.7. The molecule has 3 rings (SSSR count). The maximum absolute atomic E-state index is 12.8. The van der Waals surface area contributed by atoms with Gasteiger partial charge >= 0.3 is 0 Å². The molecule has 0 N–H and O–H groups in total. The average Bonchev–Trinajstić information content (AvgIpc) is 2.77. The Morgan fingerprint density at radius 1 is 1.32 bits per heavy atom. The minimum absolute atomic E-state index is 0.00548. The molecule has 0 aromatic heterocycles. The number of anilines is 1. The van der Waals surface area contributed by atoms with Crippen LogP contribution in [0.5, 0.6) is 5.75 Å². The smallest absolute Gasteiger partial charge is 0.295 e. The first kappa shape index (κ1) is 20.0. The van der Waals surface area contributed by atoms with E-state index in [0.29, 0.717) is 23.1 Å². The number of benzene rings is 1. The second kappa shape index (κ2) is 8.09. The summed E-state index contributed by atoms with van der Waals surface area (Å²) in [6, 6.07) is 7.27. The summed E-state index contributed by atoms with van der Waals surface area (Å²) >= 11 is 0. The number of ether oxygens (including phenoxy) is 1. The van der Waals surface area contributed by atoms with Gasteiger partial charge < -0.3 is 9.64 Å². The predicted molar refractivity (Wildman–Crippen MR) is 111 cm³/mol. The maximum atomic E-state index is 12.8. The molecule has 0 radical (unpaired) electrons. The standard InChI is InChI=1S/C22H27N3O3/c1-13(2)10-16-11-17(23-15(4)14(16)3)21(26)24-18-12-28-20-9-7-6-8-19(20)25(5)22(18)27/h6-9,11,13-15H,10,12H2,1-5H3/b24-18+/t14?,15-/m0/s1. The zero-order valence-corrected chi connectivity index (χ0v) is 17.1. The van der Waals surface area contributed by atoms with Crippen molar-refractivity contribution < 1.29 is 14.3 Å². The second-order valence-electron chi connectivity index (χ2n) is 7.85. The number of nitrogens with zero attached hydrogens (tertiary/aromatic N) is 3. The third-order valence-electron chi connectivity index (χ3n) is 5.22. The van der Waals surface area contributed by atoms with Gasteiger partial charge in [-0.15, -0.1) is 0 Å². The highest BCUT2D eigenvalue weighted by molar-refractivity contribution is 6.51. The lowest BCUT2D eigenvalue weighted by Crippen LogP contribution is -2.35. The lowest BCUT2D eigenvalue weighted by Gasteiger charge is -2.26. The summed E-state index contributed by atoms with van der Waals surface area (Å²) in [6.45, 7) is 8.39. The van der Waals surface area contributed by atoms with Gasteiger partial charge in [-0.2, -0.15) is 0 Å². The van der Waals surface area contributed by atoms with Gasteiger partial charge in [0.15, 0.2) is 0 Å². The van der Waals surface area contributed by atoms with Crippen LogP contribution < -0.4 is 9.64 Å². The van der Waals surface area contributed by atoms with Gasteiger partial charge in [0.2, 0.25) is 0 Å². The first-order valence-corrected chi connectivity index (χ1v) is 9.68. The Bertz CT molecular complexity index is 883. The summed E-state index contributed by atoms with van der Waals surface area (Å²) in [5.74, 6) is 0.530. The fourth-order valence-corrected chi connectivity index (χ4v) is 3.45. The number of hydrogen-bond donors (Lipinski definition) is 0.